The van der Waals surface area contributed by atoms with Gasteiger partial charge in [-0.25, -0.2) is 0 Å². The molecule has 6 heteroatoms. The van der Waals surface area contributed by atoms with E-state index in [1.165, 1.54) is 5.56 Å². The lowest BCUT2D eigenvalue weighted by atomic mass is 10.1. The van der Waals surface area contributed by atoms with Gasteiger partial charge in [-0.15, -0.1) is 10.2 Å². The number of rotatable bonds is 5. The minimum absolute atomic E-state index is 0.343. The van der Waals surface area contributed by atoms with Gasteiger partial charge in [-0.3, -0.25) is 4.98 Å². The van der Waals surface area contributed by atoms with Gasteiger partial charge in [-0.1, -0.05) is 26.8 Å². The van der Waals surface area contributed by atoms with Crippen LogP contribution in [-0.2, 0) is 13.0 Å². The number of fused-ring (bicyclic) bond motifs is 1. The van der Waals surface area contributed by atoms with Crippen LogP contribution in [0.25, 0.3) is 5.65 Å². The Morgan fingerprint density at radius 1 is 1.26 bits per heavy atom. The smallest absolute Gasteiger partial charge is 0.200 e. The summed E-state index contributed by atoms with van der Waals surface area (Å²) >= 11 is 0. The van der Waals surface area contributed by atoms with E-state index >= 15 is 0 Å². The van der Waals surface area contributed by atoms with Crippen molar-refractivity contribution in [3.05, 3.63) is 47.7 Å². The van der Waals surface area contributed by atoms with E-state index in [2.05, 4.69) is 64.2 Å². The molecule has 0 aliphatic carbocycles. The van der Waals surface area contributed by atoms with Gasteiger partial charge >= 0.3 is 0 Å². The zero-order valence-corrected chi connectivity index (χ0v) is 14.1. The Balaban J connectivity index is 1.92. The van der Waals surface area contributed by atoms with Crippen molar-refractivity contribution in [1.82, 2.24) is 24.8 Å². The van der Waals surface area contributed by atoms with E-state index in [0.29, 0.717) is 12.5 Å². The van der Waals surface area contributed by atoms with Crippen LogP contribution >= 0.6 is 0 Å². The number of hydrogen-bond donors (Lipinski definition) is 0. The molecule has 120 valence electrons. The van der Waals surface area contributed by atoms with Crippen LogP contribution < -0.4 is 4.90 Å². The van der Waals surface area contributed by atoms with Gasteiger partial charge < -0.3 is 4.90 Å². The summed E-state index contributed by atoms with van der Waals surface area (Å²) in [6.07, 6.45) is 4.60. The van der Waals surface area contributed by atoms with E-state index in [9.17, 15) is 0 Å². The number of anilines is 1. The van der Waals surface area contributed by atoms with Crippen molar-refractivity contribution in [2.45, 2.75) is 39.7 Å². The highest BCUT2D eigenvalue weighted by Gasteiger charge is 2.14. The molecule has 0 spiro atoms. The SMILES string of the molecule is CCc1ccc(CN(C)c2cc(C(C)C)nn3cnnc23)nc1. The second-order valence-corrected chi connectivity index (χ2v) is 6.08. The fourth-order valence-corrected chi connectivity index (χ4v) is 2.48. The Kier molecular flexibility index (Phi) is 4.23. The van der Waals surface area contributed by atoms with Crippen LogP contribution in [0.3, 0.4) is 0 Å². The summed E-state index contributed by atoms with van der Waals surface area (Å²) in [5.74, 6) is 0.343. The van der Waals surface area contributed by atoms with Crippen molar-refractivity contribution in [2.24, 2.45) is 0 Å². The van der Waals surface area contributed by atoms with E-state index in [-0.39, 0.29) is 0 Å². The van der Waals surface area contributed by atoms with E-state index in [1.54, 1.807) is 10.8 Å². The molecular formula is C17H22N6. The molecule has 0 amide bonds. The van der Waals surface area contributed by atoms with Crippen LogP contribution in [-0.4, -0.2) is 31.8 Å². The van der Waals surface area contributed by atoms with Gasteiger partial charge in [-0.2, -0.15) is 9.61 Å². The minimum Gasteiger partial charge on any atom is -0.366 e. The molecule has 6 nitrogen and oxygen atoms in total. The fraction of sp³-hybridized carbons (Fsp3) is 0.412. The maximum atomic E-state index is 4.56. The van der Waals surface area contributed by atoms with Gasteiger partial charge in [0.15, 0.2) is 0 Å². The maximum absolute atomic E-state index is 4.56. The molecule has 0 saturated heterocycles. The lowest BCUT2D eigenvalue weighted by Crippen LogP contribution is -2.19. The van der Waals surface area contributed by atoms with Crippen molar-refractivity contribution in [1.29, 1.82) is 0 Å². The maximum Gasteiger partial charge on any atom is 0.200 e. The quantitative estimate of drug-likeness (QED) is 0.725. The van der Waals surface area contributed by atoms with Crippen LogP contribution in [0.15, 0.2) is 30.7 Å². The Labute approximate surface area is 136 Å². The van der Waals surface area contributed by atoms with Crippen molar-refractivity contribution in [3.63, 3.8) is 0 Å². The standard InChI is InChI=1S/C17H22N6/c1-5-13-6-7-14(18-9-13)10-22(4)16-8-15(12(2)3)21-23-11-19-20-17(16)23/h6-9,11-12H,5,10H2,1-4H3. The first-order valence-electron chi connectivity index (χ1n) is 7.94. The molecule has 0 N–H and O–H groups in total. The Hall–Kier alpha value is -2.50. The summed E-state index contributed by atoms with van der Waals surface area (Å²) in [6.45, 7) is 7.12. The Morgan fingerprint density at radius 2 is 2.09 bits per heavy atom. The summed E-state index contributed by atoms with van der Waals surface area (Å²) in [7, 11) is 2.05. The van der Waals surface area contributed by atoms with E-state index in [4.69, 9.17) is 0 Å². The van der Waals surface area contributed by atoms with Crippen molar-refractivity contribution < 1.29 is 0 Å². The van der Waals surface area contributed by atoms with Crippen molar-refractivity contribution in [2.75, 3.05) is 11.9 Å². The van der Waals surface area contributed by atoms with Crippen LogP contribution in [0.4, 0.5) is 5.69 Å². The van der Waals surface area contributed by atoms with Gasteiger partial charge in [-0.05, 0) is 30.0 Å². The monoisotopic (exact) mass is 310 g/mol. The number of nitrogens with zero attached hydrogens (tertiary/aromatic N) is 6. The van der Waals surface area contributed by atoms with E-state index < -0.39 is 0 Å². The zero-order chi connectivity index (χ0) is 16.4. The lowest BCUT2D eigenvalue weighted by Gasteiger charge is -2.20. The lowest BCUT2D eigenvalue weighted by molar-refractivity contribution is 0.756. The fourth-order valence-electron chi connectivity index (χ4n) is 2.48. The predicted molar refractivity (Wildman–Crippen MR) is 90.6 cm³/mol. The molecule has 0 fully saturated rings. The van der Waals surface area contributed by atoms with Crippen molar-refractivity contribution in [3.8, 4) is 0 Å². The summed E-state index contributed by atoms with van der Waals surface area (Å²) in [6, 6.07) is 6.31. The second kappa shape index (κ2) is 6.32. The van der Waals surface area contributed by atoms with Gasteiger partial charge in [0.1, 0.15) is 6.33 Å². The third kappa shape index (κ3) is 3.16. The van der Waals surface area contributed by atoms with Gasteiger partial charge in [0, 0.05) is 13.2 Å². The van der Waals surface area contributed by atoms with Crippen LogP contribution in [0.5, 0.6) is 0 Å². The molecule has 3 rings (SSSR count). The highest BCUT2D eigenvalue weighted by atomic mass is 15.4. The number of aromatic nitrogens is 5. The molecule has 0 saturated carbocycles. The molecule has 0 aromatic carbocycles. The topological polar surface area (TPSA) is 59.2 Å². The van der Waals surface area contributed by atoms with E-state index in [0.717, 1.165) is 29.1 Å². The molecule has 0 aliphatic rings. The highest BCUT2D eigenvalue weighted by Crippen LogP contribution is 2.24. The first kappa shape index (κ1) is 15.4. The summed E-state index contributed by atoms with van der Waals surface area (Å²) in [4.78, 5) is 6.68. The Bertz CT molecular complexity index is 790. The predicted octanol–water partition coefficient (Wildman–Crippen LogP) is 2.84. The van der Waals surface area contributed by atoms with Crippen LogP contribution in [0.1, 0.15) is 43.6 Å². The molecule has 0 atom stereocenters. The number of aryl methyl sites for hydroxylation is 1. The number of hydrogen-bond acceptors (Lipinski definition) is 5. The van der Waals surface area contributed by atoms with Crippen LogP contribution in [0, 0.1) is 0 Å². The molecule has 0 radical (unpaired) electrons. The third-order valence-corrected chi connectivity index (χ3v) is 3.96. The normalized spacial score (nSPS) is 11.3. The molecule has 23 heavy (non-hydrogen) atoms. The zero-order valence-electron chi connectivity index (χ0n) is 14.1. The average molecular weight is 310 g/mol. The molecule has 0 aliphatic heterocycles. The molecule has 0 unspecified atom stereocenters. The number of pyridine rings is 1. The molecule has 3 aromatic heterocycles. The molecular weight excluding hydrogens is 288 g/mol. The van der Waals surface area contributed by atoms with Crippen molar-refractivity contribution >= 4 is 11.3 Å². The first-order valence-corrected chi connectivity index (χ1v) is 7.94. The Morgan fingerprint density at radius 3 is 2.74 bits per heavy atom. The molecule has 3 aromatic rings. The first-order chi connectivity index (χ1) is 11.1. The molecule has 3 heterocycles. The summed E-state index contributed by atoms with van der Waals surface area (Å²) in [5.41, 5.74) is 5.09. The largest absolute Gasteiger partial charge is 0.366 e. The highest BCUT2D eigenvalue weighted by molar-refractivity contribution is 5.68. The minimum atomic E-state index is 0.343. The summed E-state index contributed by atoms with van der Waals surface area (Å²) in [5, 5.41) is 12.7. The van der Waals surface area contributed by atoms with Gasteiger partial charge in [0.25, 0.3) is 0 Å². The summed E-state index contributed by atoms with van der Waals surface area (Å²) < 4.78 is 1.74. The van der Waals surface area contributed by atoms with Gasteiger partial charge in [0.05, 0.1) is 23.6 Å². The second-order valence-electron chi connectivity index (χ2n) is 6.08. The third-order valence-electron chi connectivity index (χ3n) is 3.96. The van der Waals surface area contributed by atoms with E-state index in [1.807, 2.05) is 13.2 Å². The average Bonchev–Trinajstić information content (AvgIpc) is 3.03. The van der Waals surface area contributed by atoms with Gasteiger partial charge in [0.2, 0.25) is 5.65 Å². The molecule has 0 bridgehead atoms. The van der Waals surface area contributed by atoms with Crippen LogP contribution in [0.2, 0.25) is 0 Å².